The molecule has 0 spiro atoms. The fraction of sp³-hybridized carbons (Fsp3) is 0.464. The maximum absolute atomic E-state index is 15.6. The zero-order valence-electron chi connectivity index (χ0n) is 45.2. The molecule has 2 aromatic carbocycles. The lowest BCUT2D eigenvalue weighted by molar-refractivity contribution is -0.172. The van der Waals surface area contributed by atoms with E-state index in [2.05, 4.69) is 26.6 Å². The second kappa shape index (κ2) is 24.5. The number of carbonyl (C=O) groups is 8. The first-order chi connectivity index (χ1) is 38.0. The number of hydrogen-bond donors (Lipinski definition) is 8. The Morgan fingerprint density at radius 1 is 0.950 bits per heavy atom. The molecule has 5 atom stereocenters. The molecule has 0 bridgehead atoms. The van der Waals surface area contributed by atoms with E-state index in [0.29, 0.717) is 71.1 Å². The molecule has 7 amide bonds. The average Bonchev–Trinajstić information content (AvgIpc) is 4.05. The number of amides is 7. The van der Waals surface area contributed by atoms with Gasteiger partial charge in [-0.25, -0.2) is 14.2 Å². The number of fused-ring (bicyclic) bond motifs is 5. The molecule has 5 heterocycles. The normalized spacial score (nSPS) is 18.2. The third-order valence-corrected chi connectivity index (χ3v) is 16.7. The van der Waals surface area contributed by atoms with E-state index in [1.807, 2.05) is 0 Å². The summed E-state index contributed by atoms with van der Waals surface area (Å²) in [6, 6.07) is 9.12. The van der Waals surface area contributed by atoms with Gasteiger partial charge in [0.15, 0.2) is 5.60 Å². The summed E-state index contributed by atoms with van der Waals surface area (Å²) in [7, 11) is 1.64. The Labute approximate surface area is 464 Å². The van der Waals surface area contributed by atoms with E-state index in [0.717, 1.165) is 16.0 Å². The predicted octanol–water partition coefficient (Wildman–Crippen LogP) is 1.24. The maximum Gasteiger partial charge on any atom is 0.343 e. The molecule has 8 rings (SSSR count). The fourth-order valence-corrected chi connectivity index (χ4v) is 11.5. The molecule has 80 heavy (non-hydrogen) atoms. The summed E-state index contributed by atoms with van der Waals surface area (Å²) in [4.78, 5) is 124. The van der Waals surface area contributed by atoms with Crippen LogP contribution in [0.2, 0.25) is 0 Å². The predicted molar refractivity (Wildman–Crippen MR) is 292 cm³/mol. The first kappa shape index (κ1) is 58.8. The second-order valence-electron chi connectivity index (χ2n) is 21.0. The van der Waals surface area contributed by atoms with Crippen LogP contribution in [0, 0.1) is 12.7 Å². The summed E-state index contributed by atoms with van der Waals surface area (Å²) >= 11 is 1.21. The fourth-order valence-electron chi connectivity index (χ4n) is 10.6. The topological polar surface area (TPSA) is 314 Å². The zero-order chi connectivity index (χ0) is 57.8. The Morgan fingerprint density at radius 3 is 2.36 bits per heavy atom. The number of nitrogens with zero attached hydrogens (tertiary/aromatic N) is 4. The van der Waals surface area contributed by atoms with Crippen molar-refractivity contribution >= 4 is 70.0 Å². The molecule has 1 unspecified atom stereocenters. The molecule has 22 nitrogen and oxygen atoms in total. The van der Waals surface area contributed by atoms with Crippen molar-refractivity contribution in [2.45, 2.75) is 127 Å². The Bertz CT molecular complexity index is 3230. The number of aliphatic hydroxyl groups is 2. The summed E-state index contributed by atoms with van der Waals surface area (Å²) in [5, 5.41) is 36.1. The number of imide groups is 1. The number of benzene rings is 2. The van der Waals surface area contributed by atoms with Gasteiger partial charge in [0, 0.05) is 59.5 Å². The van der Waals surface area contributed by atoms with Crippen LogP contribution in [0.3, 0.4) is 0 Å². The lowest BCUT2D eigenvalue weighted by atomic mass is 9.81. The number of unbranched alkanes of at least 4 members (excludes halogenated alkanes) is 2. The molecular weight excluding hydrogens is 1060 g/mol. The minimum atomic E-state index is -2.06. The van der Waals surface area contributed by atoms with Crippen LogP contribution in [0.4, 0.5) is 4.39 Å². The number of carbonyl (C=O) groups excluding carboxylic acids is 8. The van der Waals surface area contributed by atoms with E-state index in [9.17, 15) is 53.4 Å². The molecule has 3 aliphatic heterocycles. The van der Waals surface area contributed by atoms with Crippen LogP contribution in [-0.4, -0.2) is 139 Å². The molecule has 0 radical (unpaired) electrons. The Kier molecular flexibility index (Phi) is 18.0. The number of nitrogens with two attached hydrogens (primary N) is 1. The molecular formula is C56H67FN10O12S. The number of likely N-dealkylation sites (N-methyl/N-ethyl adjacent to an activating group) is 1. The van der Waals surface area contributed by atoms with E-state index in [4.69, 9.17) is 15.5 Å². The Hall–Kier alpha value is -7.38. The van der Waals surface area contributed by atoms with Gasteiger partial charge >= 0.3 is 5.97 Å². The van der Waals surface area contributed by atoms with Crippen molar-refractivity contribution in [2.24, 2.45) is 5.73 Å². The van der Waals surface area contributed by atoms with Crippen molar-refractivity contribution in [3.8, 4) is 11.4 Å². The van der Waals surface area contributed by atoms with Crippen molar-refractivity contribution < 1.29 is 57.7 Å². The summed E-state index contributed by atoms with van der Waals surface area (Å²) in [6.45, 7) is 5.72. The molecule has 0 saturated heterocycles. The number of pyridine rings is 2. The number of aryl methyl sites for hydroxylation is 1. The van der Waals surface area contributed by atoms with Crippen molar-refractivity contribution in [3.63, 3.8) is 0 Å². The quantitative estimate of drug-likeness (QED) is 0.0187. The zero-order valence-corrected chi connectivity index (χ0v) is 46.1. The second-order valence-corrected chi connectivity index (χ2v) is 22.6. The Balaban J connectivity index is 0.840. The van der Waals surface area contributed by atoms with Crippen LogP contribution in [0.5, 0.6) is 0 Å². The van der Waals surface area contributed by atoms with Crippen LogP contribution in [-0.2, 0) is 74.7 Å². The highest BCUT2D eigenvalue weighted by Gasteiger charge is 2.47. The molecule has 24 heteroatoms. The largest absolute Gasteiger partial charge is 0.458 e. The number of thioether (sulfide) groups is 1. The van der Waals surface area contributed by atoms with E-state index < -0.39 is 82.2 Å². The van der Waals surface area contributed by atoms with Crippen LogP contribution in [0.1, 0.15) is 104 Å². The SMILES string of the molecule is CC[C@@]1(O)C(=O)OCc2c1cc1n(c2=O)Cc2c-1nc1cc(F)c(C)c3c1c2[C@@H](N(C)C(=O)[C@@H](N)C(C)(C)SCNC(=O)CNC(=O)[C@H](Cc1ccccc1)NC(O)CNC(=O)CNC(=O)CCCCCN1C(=O)C=CC1=O)CC3. The first-order valence-corrected chi connectivity index (χ1v) is 27.6. The van der Waals surface area contributed by atoms with Crippen LogP contribution >= 0.6 is 11.8 Å². The molecule has 4 aliphatic rings. The number of ether oxygens (including phenoxy) is 1. The lowest BCUT2D eigenvalue weighted by Crippen LogP contribution is -2.54. The summed E-state index contributed by atoms with van der Waals surface area (Å²) in [6.07, 6.45) is 3.61. The molecule has 1 aliphatic carbocycles. The van der Waals surface area contributed by atoms with Gasteiger partial charge in [-0.15, -0.1) is 11.8 Å². The number of halogens is 1. The number of nitrogens with one attached hydrogen (secondary N) is 5. The first-order valence-electron chi connectivity index (χ1n) is 26.6. The number of aromatic nitrogens is 2. The van der Waals surface area contributed by atoms with Gasteiger partial charge in [0.25, 0.3) is 17.4 Å². The van der Waals surface area contributed by atoms with Crippen molar-refractivity contribution in [3.05, 3.63) is 110 Å². The highest BCUT2D eigenvalue weighted by atomic mass is 32.2. The van der Waals surface area contributed by atoms with Gasteiger partial charge in [-0.2, -0.15) is 0 Å². The van der Waals surface area contributed by atoms with E-state index in [1.54, 1.807) is 76.0 Å². The summed E-state index contributed by atoms with van der Waals surface area (Å²) in [5.41, 5.74) is 8.88. The average molecular weight is 1120 g/mol. The smallest absolute Gasteiger partial charge is 0.343 e. The van der Waals surface area contributed by atoms with Crippen LogP contribution in [0.15, 0.2) is 59.4 Å². The van der Waals surface area contributed by atoms with Gasteiger partial charge in [0.05, 0.1) is 72.6 Å². The standard InChI is InChI=1S/C56H67FN10O12S/c1-6-56(78)35-22-40-49-33(27-67(40)52(75)34(35)28-79-54(56)77)48-39(17-16-32-30(2)36(57)23-37(64-49)47(32)48)65(5)53(76)50(58)55(3,4)80-29-62-43(70)25-61-51(74)38(21-31-13-9-7-10-14-31)63-44(71)26-60-42(69)24-59-41(68)15-11-8-12-20-66-45(72)18-19-46(66)73/h7,9-10,13-14,18-19,22-23,38-39,44,50,63,71,78H,6,8,11-12,15-17,20-21,24-29,58H2,1-5H3,(H,59,68)(H,60,69)(H,61,74)(H,62,70)/t38-,39-,44?,50+,56-/m0/s1. The number of rotatable bonds is 24. The molecule has 2 aromatic heterocycles. The van der Waals surface area contributed by atoms with Gasteiger partial charge in [0.1, 0.15) is 18.7 Å². The summed E-state index contributed by atoms with van der Waals surface area (Å²) in [5.74, 6) is -4.60. The number of esters is 1. The third-order valence-electron chi connectivity index (χ3n) is 15.4. The molecule has 9 N–H and O–H groups in total. The van der Waals surface area contributed by atoms with Crippen LogP contribution < -0.4 is 37.9 Å². The molecule has 0 saturated carbocycles. The van der Waals surface area contributed by atoms with E-state index in [1.165, 1.54) is 34.5 Å². The molecule has 426 valence electrons. The van der Waals surface area contributed by atoms with Gasteiger partial charge in [0.2, 0.25) is 29.5 Å². The highest BCUT2D eigenvalue weighted by Crippen LogP contribution is 2.47. The van der Waals surface area contributed by atoms with Crippen molar-refractivity contribution in [1.82, 2.24) is 45.9 Å². The number of cyclic esters (lactones) is 1. The molecule has 0 fully saturated rings. The van der Waals surface area contributed by atoms with Crippen molar-refractivity contribution in [1.29, 1.82) is 0 Å². The van der Waals surface area contributed by atoms with Gasteiger partial charge in [-0.3, -0.25) is 48.6 Å². The maximum atomic E-state index is 15.6. The number of hydrogen-bond acceptors (Lipinski definition) is 16. The highest BCUT2D eigenvalue weighted by molar-refractivity contribution is 8.00. The van der Waals surface area contributed by atoms with Gasteiger partial charge < -0.3 is 51.4 Å². The van der Waals surface area contributed by atoms with E-state index >= 15 is 4.39 Å². The van der Waals surface area contributed by atoms with Gasteiger partial charge in [-0.05, 0) is 87.6 Å². The van der Waals surface area contributed by atoms with E-state index in [-0.39, 0.29) is 86.8 Å². The monoisotopic (exact) mass is 1120 g/mol. The van der Waals surface area contributed by atoms with Crippen LogP contribution in [0.25, 0.3) is 22.3 Å². The molecule has 4 aromatic rings. The lowest BCUT2D eigenvalue weighted by Gasteiger charge is -2.39. The third kappa shape index (κ3) is 12.3. The minimum absolute atomic E-state index is 0.00116. The number of aliphatic hydroxyl groups excluding tert-OH is 1. The minimum Gasteiger partial charge on any atom is -0.458 e. The van der Waals surface area contributed by atoms with Gasteiger partial charge in [-0.1, -0.05) is 43.7 Å². The Morgan fingerprint density at radius 2 is 1.65 bits per heavy atom. The van der Waals surface area contributed by atoms with Crippen molar-refractivity contribution in [2.75, 3.05) is 39.1 Å². The summed E-state index contributed by atoms with van der Waals surface area (Å²) < 4.78 is 21.4.